The molecule has 1 amide bonds. The van der Waals surface area contributed by atoms with Crippen molar-refractivity contribution < 1.29 is 18.7 Å². The Hall–Kier alpha value is -2.21. The van der Waals surface area contributed by atoms with Crippen LogP contribution < -0.4 is 5.32 Å². The molecule has 0 fully saturated rings. The molecule has 1 N–H and O–H groups in total. The van der Waals surface area contributed by atoms with E-state index in [2.05, 4.69) is 5.32 Å². The maximum Gasteiger partial charge on any atom is 0.339 e. The lowest BCUT2D eigenvalue weighted by Gasteiger charge is -2.13. The Kier molecular flexibility index (Phi) is 5.27. The first-order chi connectivity index (χ1) is 10.5. The number of amides is 1. The van der Waals surface area contributed by atoms with Crippen LogP contribution in [0.1, 0.15) is 27.7 Å². The molecule has 4 nitrogen and oxygen atoms in total. The first-order valence-electron chi connectivity index (χ1n) is 6.74. The second-order valence-electron chi connectivity index (χ2n) is 4.81. The van der Waals surface area contributed by atoms with Gasteiger partial charge >= 0.3 is 5.97 Å². The molecule has 2 aromatic rings. The highest BCUT2D eigenvalue weighted by molar-refractivity contribution is 7.09. The normalized spacial score (nSPS) is 11.8. The lowest BCUT2D eigenvalue weighted by Crippen LogP contribution is -2.35. The molecular formula is C16H16FNO3S. The zero-order valence-corrected chi connectivity index (χ0v) is 13.1. The SMILES string of the molecule is Cc1ccc(C(=O)O[C@@H](C)C(=O)NCc2cccs2)cc1F. The Labute approximate surface area is 131 Å². The maximum atomic E-state index is 13.4. The van der Waals surface area contributed by atoms with Crippen LogP contribution in [0, 0.1) is 12.7 Å². The number of aryl methyl sites for hydroxylation is 1. The summed E-state index contributed by atoms with van der Waals surface area (Å²) in [5.41, 5.74) is 0.527. The van der Waals surface area contributed by atoms with Gasteiger partial charge in [0, 0.05) is 4.88 Å². The summed E-state index contributed by atoms with van der Waals surface area (Å²) >= 11 is 1.53. The minimum atomic E-state index is -0.947. The molecule has 0 aliphatic rings. The van der Waals surface area contributed by atoms with Crippen molar-refractivity contribution in [3.63, 3.8) is 0 Å². The van der Waals surface area contributed by atoms with Gasteiger partial charge in [-0.05, 0) is 43.0 Å². The summed E-state index contributed by atoms with van der Waals surface area (Å²) in [5, 5.41) is 4.60. The van der Waals surface area contributed by atoms with E-state index in [9.17, 15) is 14.0 Å². The summed E-state index contributed by atoms with van der Waals surface area (Å²) in [7, 11) is 0. The topological polar surface area (TPSA) is 55.4 Å². The van der Waals surface area contributed by atoms with E-state index in [0.29, 0.717) is 12.1 Å². The van der Waals surface area contributed by atoms with Crippen LogP contribution in [-0.2, 0) is 16.1 Å². The van der Waals surface area contributed by atoms with Crippen LogP contribution in [0.3, 0.4) is 0 Å². The van der Waals surface area contributed by atoms with Crippen LogP contribution in [0.5, 0.6) is 0 Å². The van der Waals surface area contributed by atoms with E-state index in [0.717, 1.165) is 10.9 Å². The Bertz CT molecular complexity index is 670. The molecule has 2 rings (SSSR count). The van der Waals surface area contributed by atoms with Gasteiger partial charge in [0.1, 0.15) is 5.82 Å². The molecule has 0 aliphatic heterocycles. The quantitative estimate of drug-likeness (QED) is 0.861. The molecular weight excluding hydrogens is 305 g/mol. The van der Waals surface area contributed by atoms with Crippen LogP contribution >= 0.6 is 11.3 Å². The van der Waals surface area contributed by atoms with Crippen molar-refractivity contribution in [2.24, 2.45) is 0 Å². The molecule has 1 atom stereocenters. The van der Waals surface area contributed by atoms with E-state index in [4.69, 9.17) is 4.74 Å². The van der Waals surface area contributed by atoms with Crippen molar-refractivity contribution in [2.45, 2.75) is 26.5 Å². The van der Waals surface area contributed by atoms with Crippen molar-refractivity contribution in [1.29, 1.82) is 0 Å². The van der Waals surface area contributed by atoms with Gasteiger partial charge in [-0.2, -0.15) is 0 Å². The first kappa shape index (κ1) is 16.2. The van der Waals surface area contributed by atoms with Gasteiger partial charge in [-0.25, -0.2) is 9.18 Å². The van der Waals surface area contributed by atoms with E-state index in [1.165, 1.54) is 30.4 Å². The highest BCUT2D eigenvalue weighted by Crippen LogP contribution is 2.12. The van der Waals surface area contributed by atoms with Crippen LogP contribution in [-0.4, -0.2) is 18.0 Å². The van der Waals surface area contributed by atoms with Crippen LogP contribution in [0.4, 0.5) is 4.39 Å². The number of carbonyl (C=O) groups excluding carboxylic acids is 2. The lowest BCUT2D eigenvalue weighted by molar-refractivity contribution is -0.129. The molecule has 0 aliphatic carbocycles. The molecule has 0 saturated heterocycles. The number of ether oxygens (including phenoxy) is 1. The third-order valence-electron chi connectivity index (χ3n) is 3.08. The molecule has 0 saturated carbocycles. The molecule has 116 valence electrons. The summed E-state index contributed by atoms with van der Waals surface area (Å²) in [4.78, 5) is 24.8. The Morgan fingerprint density at radius 2 is 2.14 bits per heavy atom. The average molecular weight is 321 g/mol. The van der Waals surface area contributed by atoms with E-state index >= 15 is 0 Å². The molecule has 0 bridgehead atoms. The molecule has 0 unspecified atom stereocenters. The van der Waals surface area contributed by atoms with E-state index < -0.39 is 23.8 Å². The average Bonchev–Trinajstić information content (AvgIpc) is 3.00. The number of carbonyl (C=O) groups is 2. The van der Waals surface area contributed by atoms with Crippen molar-refractivity contribution >= 4 is 23.2 Å². The van der Waals surface area contributed by atoms with Gasteiger partial charge < -0.3 is 10.1 Å². The molecule has 0 radical (unpaired) electrons. The molecule has 6 heteroatoms. The van der Waals surface area contributed by atoms with E-state index in [1.54, 1.807) is 6.92 Å². The Morgan fingerprint density at radius 1 is 1.36 bits per heavy atom. The molecule has 1 aromatic heterocycles. The third-order valence-corrected chi connectivity index (χ3v) is 3.95. The highest BCUT2D eigenvalue weighted by Gasteiger charge is 2.19. The van der Waals surface area contributed by atoms with Gasteiger partial charge in [-0.3, -0.25) is 4.79 Å². The fraction of sp³-hybridized carbons (Fsp3) is 0.250. The third kappa shape index (κ3) is 4.14. The summed E-state index contributed by atoms with van der Waals surface area (Å²) in [5.74, 6) is -1.60. The van der Waals surface area contributed by atoms with E-state index in [-0.39, 0.29) is 5.56 Å². The number of rotatable bonds is 5. The van der Waals surface area contributed by atoms with Crippen LogP contribution in [0.2, 0.25) is 0 Å². The maximum absolute atomic E-state index is 13.4. The van der Waals surface area contributed by atoms with Crippen LogP contribution in [0.15, 0.2) is 35.7 Å². The second-order valence-corrected chi connectivity index (χ2v) is 5.84. The molecule has 22 heavy (non-hydrogen) atoms. The number of benzene rings is 1. The van der Waals surface area contributed by atoms with Gasteiger partial charge in [0.05, 0.1) is 12.1 Å². The van der Waals surface area contributed by atoms with Gasteiger partial charge in [-0.1, -0.05) is 12.1 Å². The fourth-order valence-corrected chi connectivity index (χ4v) is 2.38. The van der Waals surface area contributed by atoms with Gasteiger partial charge in [0.15, 0.2) is 6.10 Å². The lowest BCUT2D eigenvalue weighted by atomic mass is 10.1. The van der Waals surface area contributed by atoms with Gasteiger partial charge in [0.25, 0.3) is 5.91 Å². The number of halogens is 1. The molecule has 1 aromatic carbocycles. The predicted octanol–water partition coefficient (Wildman–Crippen LogP) is 3.06. The van der Waals surface area contributed by atoms with Gasteiger partial charge in [0.2, 0.25) is 0 Å². The number of nitrogens with one attached hydrogen (secondary N) is 1. The summed E-state index contributed by atoms with van der Waals surface area (Å²) < 4.78 is 18.5. The summed E-state index contributed by atoms with van der Waals surface area (Å²) in [6.45, 7) is 3.47. The molecule has 1 heterocycles. The van der Waals surface area contributed by atoms with Crippen molar-refractivity contribution in [3.8, 4) is 0 Å². The number of esters is 1. The Morgan fingerprint density at radius 3 is 2.77 bits per heavy atom. The standard InChI is InChI=1S/C16H16FNO3S/c1-10-5-6-12(8-14(10)17)16(20)21-11(2)15(19)18-9-13-4-3-7-22-13/h3-8,11H,9H2,1-2H3,(H,18,19)/t11-/m0/s1. The summed E-state index contributed by atoms with van der Waals surface area (Å²) in [6.07, 6.45) is -0.947. The zero-order chi connectivity index (χ0) is 16.1. The van der Waals surface area contributed by atoms with E-state index in [1.807, 2.05) is 17.5 Å². The second kappa shape index (κ2) is 7.17. The number of thiophene rings is 1. The largest absolute Gasteiger partial charge is 0.449 e. The highest BCUT2D eigenvalue weighted by atomic mass is 32.1. The zero-order valence-electron chi connectivity index (χ0n) is 12.3. The van der Waals surface area contributed by atoms with Crippen molar-refractivity contribution in [3.05, 3.63) is 57.5 Å². The minimum Gasteiger partial charge on any atom is -0.449 e. The summed E-state index contributed by atoms with van der Waals surface area (Å²) in [6, 6.07) is 7.86. The fourth-order valence-electron chi connectivity index (χ4n) is 1.73. The van der Waals surface area contributed by atoms with Gasteiger partial charge in [-0.15, -0.1) is 11.3 Å². The van der Waals surface area contributed by atoms with Crippen molar-refractivity contribution in [1.82, 2.24) is 5.32 Å². The van der Waals surface area contributed by atoms with Crippen molar-refractivity contribution in [2.75, 3.05) is 0 Å². The predicted molar refractivity (Wildman–Crippen MR) is 82.2 cm³/mol. The monoisotopic (exact) mass is 321 g/mol. The smallest absolute Gasteiger partial charge is 0.339 e. The number of hydrogen-bond donors (Lipinski definition) is 1. The first-order valence-corrected chi connectivity index (χ1v) is 7.62. The number of hydrogen-bond acceptors (Lipinski definition) is 4. The Balaban J connectivity index is 1.89. The molecule has 0 spiro atoms. The minimum absolute atomic E-state index is 0.0843. The van der Waals surface area contributed by atoms with Crippen LogP contribution in [0.25, 0.3) is 0 Å².